The second-order valence-electron chi connectivity index (χ2n) is 5.06. The molecule has 2 aromatic rings. The third-order valence-corrected chi connectivity index (χ3v) is 4.27. The molecule has 0 radical (unpaired) electrons. The number of nitrogens with zero attached hydrogens (tertiary/aromatic N) is 4. The van der Waals surface area contributed by atoms with Crippen LogP contribution in [0.25, 0.3) is 0 Å². The van der Waals surface area contributed by atoms with Crippen molar-refractivity contribution in [2.45, 2.75) is 24.7 Å². The van der Waals surface area contributed by atoms with Gasteiger partial charge in [0.1, 0.15) is 0 Å². The van der Waals surface area contributed by atoms with Gasteiger partial charge in [0.05, 0.1) is 17.3 Å². The predicted molar refractivity (Wildman–Crippen MR) is 82.8 cm³/mol. The van der Waals surface area contributed by atoms with E-state index in [2.05, 4.69) is 20.9 Å². The van der Waals surface area contributed by atoms with Crippen molar-refractivity contribution in [2.24, 2.45) is 0 Å². The maximum Gasteiger partial charge on any atom is 0.187 e. The normalized spacial score (nSPS) is 14.5. The van der Waals surface area contributed by atoms with Crippen LogP contribution in [0.15, 0.2) is 35.6 Å². The number of rotatable bonds is 3. The zero-order chi connectivity index (χ0) is 14.7. The van der Waals surface area contributed by atoms with Gasteiger partial charge in [0.15, 0.2) is 5.16 Å². The molecule has 0 saturated carbocycles. The first-order chi connectivity index (χ1) is 10.3. The predicted octanol–water partition coefficient (Wildman–Crippen LogP) is 2.63. The smallest absolute Gasteiger partial charge is 0.187 e. The molecule has 1 aliphatic rings. The number of aromatic nitrogens is 2. The molecule has 0 bridgehead atoms. The van der Waals surface area contributed by atoms with Crippen LogP contribution in [0.2, 0.25) is 0 Å². The van der Waals surface area contributed by atoms with Crippen LogP contribution in [0.4, 0.5) is 0 Å². The van der Waals surface area contributed by atoms with E-state index in [1.807, 2.05) is 36.7 Å². The lowest BCUT2D eigenvalue weighted by Gasteiger charge is -2.28. The molecule has 0 aliphatic carbocycles. The van der Waals surface area contributed by atoms with E-state index < -0.39 is 0 Å². The molecule has 0 atom stereocenters. The van der Waals surface area contributed by atoms with Gasteiger partial charge < -0.3 is 0 Å². The van der Waals surface area contributed by atoms with Crippen LogP contribution in [-0.4, -0.2) is 27.7 Å². The fourth-order valence-electron chi connectivity index (χ4n) is 2.60. The fourth-order valence-corrected chi connectivity index (χ4v) is 2.96. The molecule has 0 amide bonds. The first-order valence-corrected chi connectivity index (χ1v) is 8.12. The van der Waals surface area contributed by atoms with Gasteiger partial charge in [-0.2, -0.15) is 5.26 Å². The number of thioether (sulfide) groups is 1. The molecule has 1 aliphatic heterocycles. The first kappa shape index (κ1) is 14.1. The van der Waals surface area contributed by atoms with Gasteiger partial charge in [0.2, 0.25) is 0 Å². The van der Waals surface area contributed by atoms with Crippen molar-refractivity contribution in [3.63, 3.8) is 0 Å². The highest BCUT2D eigenvalue weighted by Gasteiger charge is 2.19. The van der Waals surface area contributed by atoms with E-state index in [1.165, 1.54) is 11.3 Å². The van der Waals surface area contributed by atoms with Crippen LogP contribution < -0.4 is 0 Å². The van der Waals surface area contributed by atoms with Gasteiger partial charge in [-0.3, -0.25) is 4.90 Å². The molecule has 2 heterocycles. The van der Waals surface area contributed by atoms with Crippen molar-refractivity contribution in [3.8, 4) is 6.07 Å². The van der Waals surface area contributed by atoms with Crippen molar-refractivity contribution in [1.29, 1.82) is 5.26 Å². The summed E-state index contributed by atoms with van der Waals surface area (Å²) in [5.74, 6) is 0. The molecule has 3 rings (SSSR count). The lowest BCUT2D eigenvalue weighted by Crippen LogP contribution is -2.31. The first-order valence-electron chi connectivity index (χ1n) is 6.89. The Bertz CT molecular complexity index is 693. The second-order valence-corrected chi connectivity index (χ2v) is 5.83. The van der Waals surface area contributed by atoms with Gasteiger partial charge in [-0.15, -0.1) is 0 Å². The van der Waals surface area contributed by atoms with E-state index in [1.54, 1.807) is 11.8 Å². The molecule has 1 aromatic carbocycles. The van der Waals surface area contributed by atoms with Crippen LogP contribution in [0.1, 0.15) is 22.4 Å². The van der Waals surface area contributed by atoms with Crippen molar-refractivity contribution in [2.75, 3.05) is 12.8 Å². The average molecular weight is 296 g/mol. The fraction of sp³-hybridized carbons (Fsp3) is 0.312. The molecule has 0 fully saturated rings. The third kappa shape index (κ3) is 3.07. The zero-order valence-corrected chi connectivity index (χ0v) is 12.7. The SMILES string of the molecule is CSc1ncc2c(n1)CCN(Cc1ccccc1C#N)C2. The Kier molecular flexibility index (Phi) is 4.18. The summed E-state index contributed by atoms with van der Waals surface area (Å²) in [6, 6.07) is 10.1. The zero-order valence-electron chi connectivity index (χ0n) is 11.9. The van der Waals surface area contributed by atoms with Gasteiger partial charge in [-0.05, 0) is 17.9 Å². The standard InChI is InChI=1S/C16H16N4S/c1-21-16-18-9-14-11-20(7-6-15(14)19-16)10-13-5-3-2-4-12(13)8-17/h2-5,9H,6-7,10-11H2,1H3. The Labute approximate surface area is 128 Å². The van der Waals surface area contributed by atoms with Crippen LogP contribution in [0.5, 0.6) is 0 Å². The highest BCUT2D eigenvalue weighted by molar-refractivity contribution is 7.98. The van der Waals surface area contributed by atoms with Gasteiger partial charge in [-0.1, -0.05) is 30.0 Å². The number of hydrogen-bond donors (Lipinski definition) is 0. The summed E-state index contributed by atoms with van der Waals surface area (Å²) in [7, 11) is 0. The maximum atomic E-state index is 9.17. The molecule has 5 heteroatoms. The molecule has 21 heavy (non-hydrogen) atoms. The largest absolute Gasteiger partial charge is 0.294 e. The molecule has 1 aromatic heterocycles. The van der Waals surface area contributed by atoms with E-state index in [4.69, 9.17) is 0 Å². The van der Waals surface area contributed by atoms with Gasteiger partial charge in [0, 0.05) is 37.8 Å². The molecule has 4 nitrogen and oxygen atoms in total. The van der Waals surface area contributed by atoms with Gasteiger partial charge >= 0.3 is 0 Å². The van der Waals surface area contributed by atoms with E-state index >= 15 is 0 Å². The van der Waals surface area contributed by atoms with Crippen LogP contribution in [0.3, 0.4) is 0 Å². The minimum absolute atomic E-state index is 0.761. The summed E-state index contributed by atoms with van der Waals surface area (Å²) in [6.45, 7) is 2.62. The van der Waals surface area contributed by atoms with Crippen molar-refractivity contribution in [1.82, 2.24) is 14.9 Å². The topological polar surface area (TPSA) is 52.8 Å². The number of hydrogen-bond acceptors (Lipinski definition) is 5. The number of benzene rings is 1. The molecule has 0 saturated heterocycles. The highest BCUT2D eigenvalue weighted by atomic mass is 32.2. The molecular formula is C16H16N4S. The van der Waals surface area contributed by atoms with Crippen molar-refractivity contribution < 1.29 is 0 Å². The Morgan fingerprint density at radius 1 is 1.38 bits per heavy atom. The van der Waals surface area contributed by atoms with Crippen molar-refractivity contribution >= 4 is 11.8 Å². The van der Waals surface area contributed by atoms with E-state index in [0.717, 1.165) is 42.3 Å². The van der Waals surface area contributed by atoms with E-state index in [9.17, 15) is 5.26 Å². The van der Waals surface area contributed by atoms with E-state index in [-0.39, 0.29) is 0 Å². The summed E-state index contributed by atoms with van der Waals surface area (Å²) < 4.78 is 0. The summed E-state index contributed by atoms with van der Waals surface area (Å²) in [4.78, 5) is 11.3. The third-order valence-electron chi connectivity index (χ3n) is 3.71. The summed E-state index contributed by atoms with van der Waals surface area (Å²) in [6.07, 6.45) is 4.88. The van der Waals surface area contributed by atoms with Crippen LogP contribution in [0, 0.1) is 11.3 Å². The summed E-state index contributed by atoms with van der Waals surface area (Å²) >= 11 is 1.58. The molecule has 0 unspecified atom stereocenters. The summed E-state index contributed by atoms with van der Waals surface area (Å²) in [5.41, 5.74) is 4.22. The Hall–Kier alpha value is -1.90. The molecule has 0 spiro atoms. The Balaban J connectivity index is 1.76. The average Bonchev–Trinajstić information content (AvgIpc) is 2.55. The second kappa shape index (κ2) is 6.25. The van der Waals surface area contributed by atoms with Crippen LogP contribution >= 0.6 is 11.8 Å². The maximum absolute atomic E-state index is 9.17. The van der Waals surface area contributed by atoms with Gasteiger partial charge in [-0.25, -0.2) is 9.97 Å². The number of fused-ring (bicyclic) bond motifs is 1. The Morgan fingerprint density at radius 2 is 2.24 bits per heavy atom. The molecule has 106 valence electrons. The Morgan fingerprint density at radius 3 is 3.05 bits per heavy atom. The quantitative estimate of drug-likeness (QED) is 0.644. The number of nitriles is 1. The minimum Gasteiger partial charge on any atom is -0.294 e. The molecular weight excluding hydrogens is 280 g/mol. The minimum atomic E-state index is 0.761. The molecule has 0 N–H and O–H groups in total. The van der Waals surface area contributed by atoms with Crippen molar-refractivity contribution in [3.05, 3.63) is 52.8 Å². The monoisotopic (exact) mass is 296 g/mol. The van der Waals surface area contributed by atoms with Gasteiger partial charge in [0.25, 0.3) is 0 Å². The van der Waals surface area contributed by atoms with Crippen LogP contribution in [-0.2, 0) is 19.5 Å². The summed E-state index contributed by atoms with van der Waals surface area (Å²) in [5, 5.41) is 10.0. The highest BCUT2D eigenvalue weighted by Crippen LogP contribution is 2.21. The lowest BCUT2D eigenvalue weighted by molar-refractivity contribution is 0.242. The lowest BCUT2D eigenvalue weighted by atomic mass is 10.0. The van der Waals surface area contributed by atoms with E-state index in [0.29, 0.717) is 0 Å².